The second-order valence-electron chi connectivity index (χ2n) is 6.81. The Bertz CT molecular complexity index is 907. The van der Waals surface area contributed by atoms with E-state index in [1.165, 1.54) is 28.2 Å². The Balaban J connectivity index is 1.63. The van der Waals surface area contributed by atoms with Crippen LogP contribution in [0.15, 0.2) is 24.1 Å². The van der Waals surface area contributed by atoms with Crippen molar-refractivity contribution < 1.29 is 13.2 Å². The number of hydrogen-bond donors (Lipinski definition) is 1. The van der Waals surface area contributed by atoms with E-state index < -0.39 is 10.2 Å². The highest BCUT2D eigenvalue weighted by atomic mass is 32.2. The number of nitrogens with zero attached hydrogens (tertiary/aromatic N) is 5. The molecule has 0 aliphatic carbocycles. The van der Waals surface area contributed by atoms with Gasteiger partial charge in [-0.25, -0.2) is 15.0 Å². The van der Waals surface area contributed by atoms with E-state index in [1.54, 1.807) is 15.9 Å². The molecule has 0 bridgehead atoms. The molecule has 2 aromatic rings. The van der Waals surface area contributed by atoms with E-state index in [1.807, 2.05) is 13.8 Å². The Morgan fingerprint density at radius 1 is 1.28 bits per heavy atom. The summed E-state index contributed by atoms with van der Waals surface area (Å²) in [6.07, 6.45) is 6.67. The van der Waals surface area contributed by atoms with Crippen LogP contribution in [-0.4, -0.2) is 64.1 Å². The molecule has 0 atom stereocenters. The zero-order chi connectivity index (χ0) is 20.9. The second kappa shape index (κ2) is 9.70. The highest BCUT2D eigenvalue weighted by Crippen LogP contribution is 2.25. The van der Waals surface area contributed by atoms with Gasteiger partial charge in [0.2, 0.25) is 0 Å². The van der Waals surface area contributed by atoms with Crippen LogP contribution in [0.3, 0.4) is 0 Å². The van der Waals surface area contributed by atoms with Crippen molar-refractivity contribution in [2.75, 3.05) is 31.5 Å². The molecule has 0 radical (unpaired) electrons. The molecule has 1 N–H and O–H groups in total. The van der Waals surface area contributed by atoms with Gasteiger partial charge in [-0.2, -0.15) is 17.0 Å². The first-order valence-corrected chi connectivity index (χ1v) is 12.0. The largest absolute Gasteiger partial charge is 0.298 e. The first kappa shape index (κ1) is 21.8. The van der Waals surface area contributed by atoms with Crippen LogP contribution in [0, 0.1) is 5.92 Å². The minimum atomic E-state index is -3.40. The molecular formula is C18H26N6O3S2. The van der Waals surface area contributed by atoms with Gasteiger partial charge in [-0.3, -0.25) is 10.1 Å². The van der Waals surface area contributed by atoms with E-state index in [0.29, 0.717) is 49.0 Å². The fourth-order valence-corrected chi connectivity index (χ4v) is 5.66. The Morgan fingerprint density at radius 3 is 2.62 bits per heavy atom. The molecule has 29 heavy (non-hydrogen) atoms. The molecule has 1 aliphatic heterocycles. The summed E-state index contributed by atoms with van der Waals surface area (Å²) in [5.74, 6) is -0.0171. The fraction of sp³-hybridized carbons (Fsp3) is 0.556. The summed E-state index contributed by atoms with van der Waals surface area (Å²) in [5.41, 5.74) is 1.11. The van der Waals surface area contributed by atoms with Crippen LogP contribution in [0.1, 0.15) is 42.7 Å². The van der Waals surface area contributed by atoms with Gasteiger partial charge in [0, 0.05) is 44.0 Å². The van der Waals surface area contributed by atoms with Gasteiger partial charge in [0.1, 0.15) is 6.33 Å². The average Bonchev–Trinajstić information content (AvgIpc) is 3.22. The molecule has 1 saturated heterocycles. The summed E-state index contributed by atoms with van der Waals surface area (Å²) in [6.45, 7) is 5.60. The van der Waals surface area contributed by atoms with Crippen LogP contribution < -0.4 is 5.32 Å². The zero-order valence-electron chi connectivity index (χ0n) is 16.6. The number of carbonyl (C=O) groups is 1. The molecule has 9 nitrogen and oxygen atoms in total. The van der Waals surface area contributed by atoms with Crippen LogP contribution in [0.2, 0.25) is 0 Å². The SMILES string of the molecule is CCN(CC)S(=O)(=O)N1CCC(Cc2ncncc2C(=O)Nc2nccs2)CC1. The molecule has 158 valence electrons. The van der Waals surface area contributed by atoms with Crippen molar-refractivity contribution in [2.24, 2.45) is 5.92 Å². The predicted molar refractivity (Wildman–Crippen MR) is 112 cm³/mol. The average molecular weight is 439 g/mol. The number of amides is 1. The maximum atomic E-state index is 12.7. The Kier molecular flexibility index (Phi) is 7.28. The number of nitrogens with one attached hydrogen (secondary N) is 1. The number of anilines is 1. The van der Waals surface area contributed by atoms with Crippen molar-refractivity contribution in [3.63, 3.8) is 0 Å². The third-order valence-electron chi connectivity index (χ3n) is 5.11. The minimum Gasteiger partial charge on any atom is -0.298 e. The zero-order valence-corrected chi connectivity index (χ0v) is 18.2. The molecule has 1 aliphatic rings. The van der Waals surface area contributed by atoms with Crippen LogP contribution in [0.5, 0.6) is 0 Å². The van der Waals surface area contributed by atoms with E-state index in [0.717, 1.165) is 12.8 Å². The summed E-state index contributed by atoms with van der Waals surface area (Å²) in [4.78, 5) is 25.0. The van der Waals surface area contributed by atoms with Gasteiger partial charge >= 0.3 is 0 Å². The van der Waals surface area contributed by atoms with Gasteiger partial charge in [-0.1, -0.05) is 13.8 Å². The smallest absolute Gasteiger partial charge is 0.281 e. The molecule has 0 unspecified atom stereocenters. The Morgan fingerprint density at radius 2 is 2.00 bits per heavy atom. The lowest BCUT2D eigenvalue weighted by atomic mass is 9.92. The molecule has 0 spiro atoms. The van der Waals surface area contributed by atoms with Crippen molar-refractivity contribution in [1.29, 1.82) is 0 Å². The molecule has 1 fully saturated rings. The molecule has 0 saturated carbocycles. The van der Waals surface area contributed by atoms with Crippen LogP contribution in [0.25, 0.3) is 0 Å². The summed E-state index contributed by atoms with van der Waals surface area (Å²) >= 11 is 1.35. The van der Waals surface area contributed by atoms with E-state index in [4.69, 9.17) is 0 Å². The predicted octanol–water partition coefficient (Wildman–Crippen LogP) is 2.03. The maximum Gasteiger partial charge on any atom is 0.281 e. The van der Waals surface area contributed by atoms with Crippen molar-refractivity contribution in [3.05, 3.63) is 35.4 Å². The summed E-state index contributed by atoms with van der Waals surface area (Å²) < 4.78 is 28.4. The van der Waals surface area contributed by atoms with Crippen molar-refractivity contribution >= 4 is 32.6 Å². The molecule has 11 heteroatoms. The third kappa shape index (κ3) is 5.16. The molecule has 0 aromatic carbocycles. The van der Waals surface area contributed by atoms with E-state index >= 15 is 0 Å². The summed E-state index contributed by atoms with van der Waals surface area (Å²) in [6, 6.07) is 0. The summed E-state index contributed by atoms with van der Waals surface area (Å²) in [7, 11) is -3.40. The number of thiazole rings is 1. The molecule has 3 rings (SSSR count). The van der Waals surface area contributed by atoms with Crippen LogP contribution in [0.4, 0.5) is 5.13 Å². The monoisotopic (exact) mass is 438 g/mol. The molecule has 2 aromatic heterocycles. The fourth-order valence-electron chi connectivity index (χ4n) is 3.49. The number of rotatable bonds is 8. The van der Waals surface area contributed by atoms with E-state index in [-0.39, 0.29) is 11.8 Å². The first-order chi connectivity index (χ1) is 14.0. The van der Waals surface area contributed by atoms with Crippen LogP contribution >= 0.6 is 11.3 Å². The van der Waals surface area contributed by atoms with Gasteiger partial charge in [-0.05, 0) is 25.2 Å². The molecule has 3 heterocycles. The van der Waals surface area contributed by atoms with E-state index in [9.17, 15) is 13.2 Å². The van der Waals surface area contributed by atoms with Gasteiger partial charge in [0.05, 0.1) is 11.3 Å². The lowest BCUT2D eigenvalue weighted by Gasteiger charge is -2.34. The third-order valence-corrected chi connectivity index (χ3v) is 7.98. The number of aromatic nitrogens is 3. The molecular weight excluding hydrogens is 412 g/mol. The van der Waals surface area contributed by atoms with Gasteiger partial charge in [0.25, 0.3) is 16.1 Å². The summed E-state index contributed by atoms with van der Waals surface area (Å²) in [5, 5.41) is 5.08. The van der Waals surface area contributed by atoms with Gasteiger partial charge in [0.15, 0.2) is 5.13 Å². The Labute approximate surface area is 175 Å². The van der Waals surface area contributed by atoms with Gasteiger partial charge in [-0.15, -0.1) is 11.3 Å². The lowest BCUT2D eigenvalue weighted by molar-refractivity contribution is 0.102. The maximum absolute atomic E-state index is 12.7. The Hall–Kier alpha value is -1.95. The van der Waals surface area contributed by atoms with Gasteiger partial charge < -0.3 is 0 Å². The number of carbonyl (C=O) groups excluding carboxylic acids is 1. The minimum absolute atomic E-state index is 0.263. The topological polar surface area (TPSA) is 108 Å². The van der Waals surface area contributed by atoms with Crippen molar-refractivity contribution in [1.82, 2.24) is 23.6 Å². The lowest BCUT2D eigenvalue weighted by Crippen LogP contribution is -2.47. The highest BCUT2D eigenvalue weighted by Gasteiger charge is 2.32. The first-order valence-electron chi connectivity index (χ1n) is 9.70. The second-order valence-corrected chi connectivity index (χ2v) is 9.64. The highest BCUT2D eigenvalue weighted by molar-refractivity contribution is 7.86. The van der Waals surface area contributed by atoms with E-state index in [2.05, 4.69) is 20.3 Å². The standard InChI is InChI=1S/C18H26N6O3S2/c1-3-23(4-2)29(26,27)24-8-5-14(6-9-24)11-16-15(12-19-13-21-16)17(25)22-18-20-7-10-28-18/h7,10,12-14H,3-6,8-9,11H2,1-2H3,(H,20,22,25). The number of piperidine rings is 1. The van der Waals surface area contributed by atoms with Crippen molar-refractivity contribution in [2.45, 2.75) is 33.1 Å². The van der Waals surface area contributed by atoms with Crippen molar-refractivity contribution in [3.8, 4) is 0 Å². The van der Waals surface area contributed by atoms with Crippen LogP contribution in [-0.2, 0) is 16.6 Å². The number of hydrogen-bond acceptors (Lipinski definition) is 7. The normalized spacial score (nSPS) is 16.2. The molecule has 1 amide bonds. The quantitative estimate of drug-likeness (QED) is 0.675.